The molecule has 1 amide bonds. The topological polar surface area (TPSA) is 72.8 Å². The lowest BCUT2D eigenvalue weighted by molar-refractivity contribution is -0.0262. The maximum absolute atomic E-state index is 13.5. The van der Waals surface area contributed by atoms with Crippen molar-refractivity contribution < 1.29 is 4.79 Å². The molecule has 5 rings (SSSR count). The van der Waals surface area contributed by atoms with Crippen LogP contribution in [0.2, 0.25) is 0 Å². The summed E-state index contributed by atoms with van der Waals surface area (Å²) in [6.07, 6.45) is 3.35. The van der Waals surface area contributed by atoms with Gasteiger partial charge in [0.05, 0.1) is 29.0 Å². The number of imidazole rings is 1. The predicted molar refractivity (Wildman–Crippen MR) is 112 cm³/mol. The van der Waals surface area contributed by atoms with Gasteiger partial charge in [0.2, 0.25) is 0 Å². The van der Waals surface area contributed by atoms with Crippen LogP contribution in [0.15, 0.2) is 42.7 Å². The van der Waals surface area contributed by atoms with Crippen LogP contribution >= 0.6 is 0 Å². The molecule has 2 aliphatic rings. The van der Waals surface area contributed by atoms with Gasteiger partial charge in [0.15, 0.2) is 0 Å². The minimum absolute atomic E-state index is 0.0245. The van der Waals surface area contributed by atoms with Gasteiger partial charge >= 0.3 is 0 Å². The van der Waals surface area contributed by atoms with Gasteiger partial charge in [-0.1, -0.05) is 26.8 Å². The first-order chi connectivity index (χ1) is 13.8. The van der Waals surface area contributed by atoms with Crippen LogP contribution in [0.4, 0.5) is 0 Å². The van der Waals surface area contributed by atoms with Crippen molar-refractivity contribution >= 4 is 16.9 Å². The number of fused-ring (bicyclic) bond motifs is 5. The lowest BCUT2D eigenvalue weighted by Gasteiger charge is -2.60. The Morgan fingerprint density at radius 3 is 2.86 bits per heavy atom. The third-order valence-corrected chi connectivity index (χ3v) is 7.65. The summed E-state index contributed by atoms with van der Waals surface area (Å²) < 4.78 is 0. The van der Waals surface area contributed by atoms with Crippen molar-refractivity contribution in [2.45, 2.75) is 45.1 Å². The van der Waals surface area contributed by atoms with Crippen LogP contribution < -0.4 is 0 Å². The number of rotatable bonds is 1. The molecule has 5 nitrogen and oxygen atoms in total. The molecule has 0 saturated carbocycles. The molecule has 0 radical (unpaired) electrons. The van der Waals surface area contributed by atoms with E-state index in [1.807, 2.05) is 30.3 Å². The molecule has 146 valence electrons. The number of carbonyl (C=O) groups excluding carboxylic acids is 1. The zero-order valence-electron chi connectivity index (χ0n) is 17.0. The van der Waals surface area contributed by atoms with Crippen LogP contribution in [-0.4, -0.2) is 33.4 Å². The van der Waals surface area contributed by atoms with Gasteiger partial charge in [0, 0.05) is 23.6 Å². The van der Waals surface area contributed by atoms with Gasteiger partial charge in [0.1, 0.15) is 0 Å². The second kappa shape index (κ2) is 5.93. The van der Waals surface area contributed by atoms with E-state index in [1.165, 1.54) is 11.1 Å². The highest BCUT2D eigenvalue weighted by Crippen LogP contribution is 2.56. The van der Waals surface area contributed by atoms with Crippen LogP contribution in [0.3, 0.4) is 0 Å². The molecule has 1 aromatic heterocycles. The van der Waals surface area contributed by atoms with Crippen LogP contribution in [0.25, 0.3) is 11.0 Å². The third-order valence-electron chi connectivity index (χ3n) is 7.65. The first kappa shape index (κ1) is 17.9. The molecule has 1 aliphatic carbocycles. The molecule has 1 saturated heterocycles. The maximum atomic E-state index is 13.5. The Morgan fingerprint density at radius 1 is 1.24 bits per heavy atom. The number of likely N-dealkylation sites (tertiary alicyclic amines) is 1. The van der Waals surface area contributed by atoms with Crippen molar-refractivity contribution in [3.63, 3.8) is 0 Å². The number of aromatic nitrogens is 2. The summed E-state index contributed by atoms with van der Waals surface area (Å²) in [7, 11) is 0. The fourth-order valence-corrected chi connectivity index (χ4v) is 5.48. The zero-order valence-corrected chi connectivity index (χ0v) is 17.0. The summed E-state index contributed by atoms with van der Waals surface area (Å²) in [4.78, 5) is 22.9. The molecule has 3 aromatic rings. The molecule has 1 aliphatic heterocycles. The van der Waals surface area contributed by atoms with Crippen molar-refractivity contribution in [2.24, 2.45) is 5.41 Å². The quantitative estimate of drug-likeness (QED) is 0.684. The number of hydrogen-bond donors (Lipinski definition) is 1. The van der Waals surface area contributed by atoms with E-state index in [0.29, 0.717) is 11.1 Å². The Bertz CT molecular complexity index is 1190. The minimum atomic E-state index is -0.0693. The van der Waals surface area contributed by atoms with E-state index >= 15 is 0 Å². The van der Waals surface area contributed by atoms with Crippen LogP contribution in [0, 0.1) is 16.7 Å². The molecule has 2 aromatic carbocycles. The molecule has 1 N–H and O–H groups in total. The molecule has 2 heterocycles. The Morgan fingerprint density at radius 2 is 2.07 bits per heavy atom. The largest absolute Gasteiger partial charge is 0.345 e. The molecule has 1 fully saturated rings. The second-order valence-corrected chi connectivity index (χ2v) is 9.14. The second-order valence-electron chi connectivity index (χ2n) is 9.14. The molecular weight excluding hydrogens is 360 g/mol. The van der Waals surface area contributed by atoms with Crippen molar-refractivity contribution in [3.05, 3.63) is 65.0 Å². The highest BCUT2D eigenvalue weighted by atomic mass is 16.2. The smallest absolute Gasteiger partial charge is 0.254 e. The van der Waals surface area contributed by atoms with Gasteiger partial charge in [0.25, 0.3) is 5.91 Å². The first-order valence-corrected chi connectivity index (χ1v) is 10.1. The van der Waals surface area contributed by atoms with Gasteiger partial charge in [-0.25, -0.2) is 4.98 Å². The number of amides is 1. The van der Waals surface area contributed by atoms with Gasteiger partial charge in [-0.15, -0.1) is 0 Å². The third kappa shape index (κ3) is 2.38. The summed E-state index contributed by atoms with van der Waals surface area (Å²) in [6.45, 7) is 7.64. The molecule has 0 unspecified atom stereocenters. The normalized spacial score (nSPS) is 24.8. The predicted octanol–water partition coefficient (Wildman–Crippen LogP) is 4.19. The van der Waals surface area contributed by atoms with E-state index < -0.39 is 0 Å². The van der Waals surface area contributed by atoms with E-state index in [1.54, 1.807) is 6.33 Å². The lowest BCUT2D eigenvalue weighted by Crippen LogP contribution is -2.64. The molecular formula is C24H24N4O. The summed E-state index contributed by atoms with van der Waals surface area (Å²) >= 11 is 0. The van der Waals surface area contributed by atoms with Gasteiger partial charge < -0.3 is 9.88 Å². The molecule has 2 bridgehead atoms. The Hall–Kier alpha value is -3.13. The van der Waals surface area contributed by atoms with E-state index in [4.69, 9.17) is 0 Å². The Kier molecular flexibility index (Phi) is 3.67. The number of hydrogen-bond acceptors (Lipinski definition) is 3. The van der Waals surface area contributed by atoms with Gasteiger partial charge in [-0.05, 0) is 59.7 Å². The standard InChI is InChI=1S/C24H24N4O/c1-23(2)21-12-17-10-15(13-25)4-6-18(17)24(23,3)8-9-28(21)22(29)16-5-7-19-20(11-16)27-14-26-19/h4-7,10-11,14,21H,8-9,12H2,1-3H3,(H,26,27)/t21-,24+/m1/s1. The Labute approximate surface area is 170 Å². The van der Waals surface area contributed by atoms with Crippen molar-refractivity contribution in [1.82, 2.24) is 14.9 Å². The van der Waals surface area contributed by atoms with Crippen LogP contribution in [0.5, 0.6) is 0 Å². The van der Waals surface area contributed by atoms with Crippen molar-refractivity contribution in [1.29, 1.82) is 5.26 Å². The maximum Gasteiger partial charge on any atom is 0.254 e. The number of benzene rings is 2. The number of carbonyl (C=O) groups is 1. The number of piperidine rings is 1. The average Bonchev–Trinajstić information content (AvgIpc) is 3.17. The van der Waals surface area contributed by atoms with E-state index in [9.17, 15) is 10.1 Å². The molecule has 29 heavy (non-hydrogen) atoms. The first-order valence-electron chi connectivity index (χ1n) is 10.1. The highest BCUT2D eigenvalue weighted by molar-refractivity contribution is 5.97. The highest BCUT2D eigenvalue weighted by Gasteiger charge is 2.56. The average molecular weight is 384 g/mol. The van der Waals surface area contributed by atoms with E-state index in [0.717, 1.165) is 30.4 Å². The molecule has 5 heteroatoms. The Balaban J connectivity index is 1.57. The number of nitriles is 1. The minimum Gasteiger partial charge on any atom is -0.345 e. The number of nitrogens with one attached hydrogen (secondary N) is 1. The number of aromatic amines is 1. The van der Waals surface area contributed by atoms with Crippen LogP contribution in [0.1, 0.15) is 54.2 Å². The lowest BCUT2D eigenvalue weighted by atomic mass is 9.51. The summed E-state index contributed by atoms with van der Waals surface area (Å²) in [5.74, 6) is 0.0708. The van der Waals surface area contributed by atoms with E-state index in [-0.39, 0.29) is 22.8 Å². The number of H-pyrrole nitrogens is 1. The van der Waals surface area contributed by atoms with E-state index in [2.05, 4.69) is 47.8 Å². The fraction of sp³-hybridized carbons (Fsp3) is 0.375. The SMILES string of the molecule is CC1(C)[C@H]2Cc3cc(C#N)ccc3[C@]1(C)CCN2C(=O)c1ccc2nc[nH]c2c1. The van der Waals surface area contributed by atoms with Gasteiger partial charge in [-0.3, -0.25) is 4.79 Å². The fourth-order valence-electron chi connectivity index (χ4n) is 5.48. The monoisotopic (exact) mass is 384 g/mol. The molecule has 2 atom stereocenters. The summed E-state index contributed by atoms with van der Waals surface area (Å²) in [5, 5.41) is 9.34. The van der Waals surface area contributed by atoms with Crippen molar-refractivity contribution in [3.8, 4) is 6.07 Å². The summed E-state index contributed by atoms with van der Waals surface area (Å²) in [5.41, 5.74) is 5.57. The van der Waals surface area contributed by atoms with Gasteiger partial charge in [-0.2, -0.15) is 5.26 Å². The zero-order chi connectivity index (χ0) is 20.4. The van der Waals surface area contributed by atoms with Crippen molar-refractivity contribution in [2.75, 3.05) is 6.54 Å². The number of nitrogens with zero attached hydrogens (tertiary/aromatic N) is 3. The molecule has 0 spiro atoms. The van der Waals surface area contributed by atoms with Crippen LogP contribution in [-0.2, 0) is 11.8 Å². The summed E-state index contributed by atoms with van der Waals surface area (Å²) in [6, 6.07) is 14.1.